The fourth-order valence-electron chi connectivity index (χ4n) is 1.11. The Hall–Kier alpha value is -0.850. The van der Waals surface area contributed by atoms with Crippen molar-refractivity contribution in [3.05, 3.63) is 27.7 Å². The molecule has 1 aromatic carbocycles. The van der Waals surface area contributed by atoms with Gasteiger partial charge in [-0.1, -0.05) is 6.07 Å². The van der Waals surface area contributed by atoms with Crippen LogP contribution in [0.1, 0.15) is 17.6 Å². The van der Waals surface area contributed by atoms with Crippen LogP contribution in [-0.2, 0) is 6.18 Å². The van der Waals surface area contributed by atoms with E-state index in [-0.39, 0.29) is 4.47 Å². The number of hydrogen-bond acceptors (Lipinski definition) is 1. The molecule has 0 aromatic heterocycles. The molecule has 0 saturated heterocycles. The molecule has 0 aliphatic rings. The average molecular weight is 290 g/mol. The van der Waals surface area contributed by atoms with Gasteiger partial charge in [0.05, 0.1) is 11.3 Å². The van der Waals surface area contributed by atoms with Gasteiger partial charge in [0.25, 0.3) is 6.43 Å². The molecule has 0 aliphatic heterocycles. The van der Waals surface area contributed by atoms with Gasteiger partial charge in [-0.25, -0.2) is 8.78 Å². The Labute approximate surface area is 90.2 Å². The van der Waals surface area contributed by atoms with Gasteiger partial charge in [0, 0.05) is 10.0 Å². The van der Waals surface area contributed by atoms with Crippen LogP contribution in [0.15, 0.2) is 16.6 Å². The highest BCUT2D eigenvalue weighted by atomic mass is 79.9. The number of nitrogen functional groups attached to an aromatic ring is 1. The summed E-state index contributed by atoms with van der Waals surface area (Å²) in [5, 5.41) is 0. The molecule has 84 valence electrons. The van der Waals surface area contributed by atoms with Gasteiger partial charge in [0.1, 0.15) is 0 Å². The number of benzene rings is 1. The number of nitrogens with two attached hydrogens (primary N) is 1. The van der Waals surface area contributed by atoms with E-state index >= 15 is 0 Å². The van der Waals surface area contributed by atoms with Crippen molar-refractivity contribution < 1.29 is 22.0 Å². The zero-order chi connectivity index (χ0) is 11.8. The number of anilines is 1. The lowest BCUT2D eigenvalue weighted by atomic mass is 10.1. The maximum absolute atomic E-state index is 12.4. The van der Waals surface area contributed by atoms with E-state index < -0.39 is 29.4 Å². The maximum atomic E-state index is 12.4. The van der Waals surface area contributed by atoms with Crippen molar-refractivity contribution in [2.75, 3.05) is 5.73 Å². The number of alkyl halides is 5. The van der Waals surface area contributed by atoms with Crippen molar-refractivity contribution in [3.63, 3.8) is 0 Å². The van der Waals surface area contributed by atoms with Crippen molar-refractivity contribution in [1.29, 1.82) is 0 Å². The molecule has 0 radical (unpaired) electrons. The number of rotatable bonds is 1. The van der Waals surface area contributed by atoms with E-state index in [9.17, 15) is 22.0 Å². The summed E-state index contributed by atoms with van der Waals surface area (Å²) in [4.78, 5) is 0. The number of halogens is 6. The van der Waals surface area contributed by atoms with Gasteiger partial charge in [0.2, 0.25) is 0 Å². The molecule has 0 atom stereocenters. The van der Waals surface area contributed by atoms with Crippen LogP contribution in [0.3, 0.4) is 0 Å². The molecule has 15 heavy (non-hydrogen) atoms. The lowest BCUT2D eigenvalue weighted by molar-refractivity contribution is -0.138. The summed E-state index contributed by atoms with van der Waals surface area (Å²) >= 11 is 2.75. The molecule has 0 amide bonds. The van der Waals surface area contributed by atoms with Gasteiger partial charge in [-0.2, -0.15) is 13.2 Å². The second-order valence-electron chi connectivity index (χ2n) is 2.72. The van der Waals surface area contributed by atoms with Gasteiger partial charge in [-0.3, -0.25) is 0 Å². The minimum atomic E-state index is -4.89. The van der Waals surface area contributed by atoms with Crippen molar-refractivity contribution >= 4 is 21.6 Å². The summed E-state index contributed by atoms with van der Waals surface area (Å²) in [6.07, 6.45) is -8.10. The van der Waals surface area contributed by atoms with E-state index in [2.05, 4.69) is 15.9 Å². The fourth-order valence-corrected chi connectivity index (χ4v) is 1.44. The Bertz CT molecular complexity index is 374. The molecule has 0 aliphatic carbocycles. The predicted octanol–water partition coefficient (Wildman–Crippen LogP) is 3.99. The SMILES string of the molecule is Nc1c(Br)ccc(C(F)F)c1C(F)(F)F. The molecule has 0 spiro atoms. The molecule has 1 nitrogen and oxygen atoms in total. The first kappa shape index (κ1) is 12.2. The van der Waals surface area contributed by atoms with Crippen LogP contribution in [0.5, 0.6) is 0 Å². The second-order valence-corrected chi connectivity index (χ2v) is 3.58. The fraction of sp³-hybridized carbons (Fsp3) is 0.250. The van der Waals surface area contributed by atoms with Gasteiger partial charge >= 0.3 is 6.18 Å². The standard InChI is InChI=1S/C8H5BrF5N/c9-4-2-1-3(7(10)11)5(6(4)15)8(12,13)14/h1-2,7H,15H2. The van der Waals surface area contributed by atoms with Gasteiger partial charge < -0.3 is 5.73 Å². The van der Waals surface area contributed by atoms with E-state index in [0.29, 0.717) is 6.07 Å². The first-order chi connectivity index (χ1) is 6.75. The molecule has 2 N–H and O–H groups in total. The molecular formula is C8H5BrF5N. The van der Waals surface area contributed by atoms with E-state index in [0.717, 1.165) is 6.07 Å². The van der Waals surface area contributed by atoms with Crippen molar-refractivity contribution in [3.8, 4) is 0 Å². The third kappa shape index (κ3) is 2.39. The molecular weight excluding hydrogens is 285 g/mol. The highest BCUT2D eigenvalue weighted by molar-refractivity contribution is 9.10. The molecule has 0 heterocycles. The molecule has 0 unspecified atom stereocenters. The highest BCUT2D eigenvalue weighted by Crippen LogP contribution is 2.42. The van der Waals surface area contributed by atoms with E-state index in [4.69, 9.17) is 5.73 Å². The average Bonchev–Trinajstić information content (AvgIpc) is 2.06. The Kier molecular flexibility index (Phi) is 3.22. The smallest absolute Gasteiger partial charge is 0.397 e. The van der Waals surface area contributed by atoms with Crippen LogP contribution in [0.4, 0.5) is 27.6 Å². The highest BCUT2D eigenvalue weighted by Gasteiger charge is 2.38. The lowest BCUT2D eigenvalue weighted by Gasteiger charge is -2.15. The summed E-state index contributed by atoms with van der Waals surface area (Å²) in [6, 6.07) is 1.76. The Morgan fingerprint density at radius 3 is 2.13 bits per heavy atom. The third-order valence-electron chi connectivity index (χ3n) is 1.74. The van der Waals surface area contributed by atoms with Crippen LogP contribution < -0.4 is 5.73 Å². The first-order valence-corrected chi connectivity index (χ1v) is 4.47. The quantitative estimate of drug-likeness (QED) is 0.614. The first-order valence-electron chi connectivity index (χ1n) is 3.68. The summed E-state index contributed by atoms with van der Waals surface area (Å²) in [5.74, 6) is 0. The summed E-state index contributed by atoms with van der Waals surface area (Å²) < 4.78 is 61.8. The maximum Gasteiger partial charge on any atom is 0.418 e. The zero-order valence-corrected chi connectivity index (χ0v) is 8.66. The van der Waals surface area contributed by atoms with Gasteiger partial charge in [-0.15, -0.1) is 0 Å². The topological polar surface area (TPSA) is 26.0 Å². The van der Waals surface area contributed by atoms with Crippen molar-refractivity contribution in [1.82, 2.24) is 0 Å². The monoisotopic (exact) mass is 289 g/mol. The normalized spacial score (nSPS) is 12.2. The van der Waals surface area contributed by atoms with Crippen LogP contribution >= 0.6 is 15.9 Å². The minimum Gasteiger partial charge on any atom is -0.397 e. The largest absolute Gasteiger partial charge is 0.418 e. The van der Waals surface area contributed by atoms with Crippen molar-refractivity contribution in [2.24, 2.45) is 0 Å². The van der Waals surface area contributed by atoms with E-state index in [1.165, 1.54) is 0 Å². The molecule has 0 bridgehead atoms. The molecule has 0 saturated carbocycles. The van der Waals surface area contributed by atoms with Crippen molar-refractivity contribution in [2.45, 2.75) is 12.6 Å². The van der Waals surface area contributed by atoms with Crippen LogP contribution in [0.2, 0.25) is 0 Å². The van der Waals surface area contributed by atoms with Crippen LogP contribution in [0, 0.1) is 0 Å². The minimum absolute atomic E-state index is 0.0563. The lowest BCUT2D eigenvalue weighted by Crippen LogP contribution is -2.13. The molecule has 1 aromatic rings. The summed E-state index contributed by atoms with van der Waals surface area (Å²) in [6.45, 7) is 0. The Morgan fingerprint density at radius 1 is 1.20 bits per heavy atom. The van der Waals surface area contributed by atoms with Gasteiger partial charge in [-0.05, 0) is 22.0 Å². The Balaban J connectivity index is 3.49. The van der Waals surface area contributed by atoms with Gasteiger partial charge in [0.15, 0.2) is 0 Å². The van der Waals surface area contributed by atoms with Crippen LogP contribution in [-0.4, -0.2) is 0 Å². The summed E-state index contributed by atoms with van der Waals surface area (Å²) in [7, 11) is 0. The van der Waals surface area contributed by atoms with E-state index in [1.807, 2.05) is 0 Å². The van der Waals surface area contributed by atoms with E-state index in [1.54, 1.807) is 0 Å². The second kappa shape index (κ2) is 3.96. The summed E-state index contributed by atoms with van der Waals surface area (Å²) in [5.41, 5.74) is 1.80. The molecule has 1 rings (SSSR count). The third-order valence-corrected chi connectivity index (χ3v) is 2.43. The zero-order valence-electron chi connectivity index (χ0n) is 7.08. The number of hydrogen-bond donors (Lipinski definition) is 1. The van der Waals surface area contributed by atoms with Crippen LogP contribution in [0.25, 0.3) is 0 Å². The molecule has 7 heteroatoms. The Morgan fingerprint density at radius 2 is 1.73 bits per heavy atom. The predicted molar refractivity (Wildman–Crippen MR) is 48.5 cm³/mol. The molecule has 0 fully saturated rings.